The van der Waals surface area contributed by atoms with Crippen LogP contribution in [0, 0.1) is 19.8 Å². The molecule has 1 aliphatic rings. The van der Waals surface area contributed by atoms with Crippen LogP contribution in [0.5, 0.6) is 5.75 Å². The van der Waals surface area contributed by atoms with Crippen molar-refractivity contribution in [3.05, 3.63) is 28.8 Å². The summed E-state index contributed by atoms with van der Waals surface area (Å²) in [6.07, 6.45) is 4.29. The molecule has 1 aromatic carbocycles. The molecule has 4 nitrogen and oxygen atoms in total. The minimum atomic E-state index is -0.814. The highest BCUT2D eigenvalue weighted by molar-refractivity contribution is 5.66. The minimum Gasteiger partial charge on any atom is -0.493 e. The first-order valence-electron chi connectivity index (χ1n) is 7.68. The van der Waals surface area contributed by atoms with Crippen LogP contribution in [0.2, 0.25) is 0 Å². The largest absolute Gasteiger partial charge is 0.493 e. The highest BCUT2D eigenvalue weighted by atomic mass is 16.5. The van der Waals surface area contributed by atoms with Crippen LogP contribution in [-0.2, 0) is 4.79 Å². The number of carboxylic acids is 1. The molecule has 1 saturated carbocycles. The van der Waals surface area contributed by atoms with E-state index < -0.39 is 5.97 Å². The van der Waals surface area contributed by atoms with Crippen LogP contribution in [-0.4, -0.2) is 17.7 Å². The Hall–Kier alpha value is -1.55. The van der Waals surface area contributed by atoms with Gasteiger partial charge in [-0.3, -0.25) is 4.79 Å². The second-order valence-electron chi connectivity index (χ2n) is 6.12. The molecule has 2 rings (SSSR count). The monoisotopic (exact) mass is 291 g/mol. The molecule has 21 heavy (non-hydrogen) atoms. The Morgan fingerprint density at radius 2 is 2.05 bits per heavy atom. The minimum absolute atomic E-state index is 0.0795. The smallest absolute Gasteiger partial charge is 0.303 e. The summed E-state index contributed by atoms with van der Waals surface area (Å²) in [5, 5.41) is 8.81. The van der Waals surface area contributed by atoms with Crippen molar-refractivity contribution in [2.45, 2.75) is 52.0 Å². The van der Waals surface area contributed by atoms with E-state index in [9.17, 15) is 4.79 Å². The lowest BCUT2D eigenvalue weighted by Gasteiger charge is -2.26. The van der Waals surface area contributed by atoms with Crippen LogP contribution in [0.3, 0.4) is 0 Å². The maximum Gasteiger partial charge on any atom is 0.303 e. The average Bonchev–Trinajstić information content (AvgIpc) is 2.37. The highest BCUT2D eigenvalue weighted by Crippen LogP contribution is 2.32. The molecule has 0 aliphatic heterocycles. The highest BCUT2D eigenvalue weighted by Gasteiger charge is 2.20. The van der Waals surface area contributed by atoms with Crippen LogP contribution in [0.4, 0.5) is 0 Å². The second kappa shape index (κ2) is 6.94. The van der Waals surface area contributed by atoms with Crippen LogP contribution in [0.15, 0.2) is 12.1 Å². The summed E-state index contributed by atoms with van der Waals surface area (Å²) in [5.74, 6) is 0.670. The number of ether oxygens (including phenoxy) is 1. The van der Waals surface area contributed by atoms with Gasteiger partial charge in [0, 0.05) is 18.0 Å². The van der Waals surface area contributed by atoms with Gasteiger partial charge in [-0.2, -0.15) is 0 Å². The van der Waals surface area contributed by atoms with E-state index in [0.717, 1.165) is 23.5 Å². The summed E-state index contributed by atoms with van der Waals surface area (Å²) >= 11 is 0. The molecule has 116 valence electrons. The number of carbonyl (C=O) groups is 1. The fourth-order valence-corrected chi connectivity index (χ4v) is 2.53. The topological polar surface area (TPSA) is 72.5 Å². The molecule has 1 aromatic rings. The van der Waals surface area contributed by atoms with E-state index in [2.05, 4.69) is 6.92 Å². The number of rotatable bonds is 7. The number of aliphatic carboxylic acids is 1. The maximum absolute atomic E-state index is 10.7. The van der Waals surface area contributed by atoms with Crippen LogP contribution in [0.1, 0.15) is 54.8 Å². The Bertz CT molecular complexity index is 509. The number of aryl methyl sites for hydroxylation is 2. The Kier molecular flexibility index (Phi) is 5.23. The lowest BCUT2D eigenvalue weighted by atomic mass is 9.86. The molecule has 0 bridgehead atoms. The van der Waals surface area contributed by atoms with Gasteiger partial charge in [0.05, 0.1) is 6.61 Å². The van der Waals surface area contributed by atoms with Crippen LogP contribution in [0.25, 0.3) is 0 Å². The molecule has 0 spiro atoms. The van der Waals surface area contributed by atoms with E-state index >= 15 is 0 Å². The number of hydrogen-bond acceptors (Lipinski definition) is 3. The van der Waals surface area contributed by atoms with Gasteiger partial charge in [0.2, 0.25) is 0 Å². The summed E-state index contributed by atoms with van der Waals surface area (Å²) in [5.41, 5.74) is 9.43. The van der Waals surface area contributed by atoms with Gasteiger partial charge in [0.25, 0.3) is 0 Å². The first kappa shape index (κ1) is 15.8. The number of nitrogens with two attached hydrogens (primary N) is 1. The Labute approximate surface area is 126 Å². The Balaban J connectivity index is 2.11. The second-order valence-corrected chi connectivity index (χ2v) is 6.12. The average molecular weight is 291 g/mol. The van der Waals surface area contributed by atoms with Crippen molar-refractivity contribution in [3.63, 3.8) is 0 Å². The third kappa shape index (κ3) is 4.21. The fourth-order valence-electron chi connectivity index (χ4n) is 2.53. The van der Waals surface area contributed by atoms with E-state index in [0.29, 0.717) is 12.3 Å². The van der Waals surface area contributed by atoms with Crippen molar-refractivity contribution < 1.29 is 14.6 Å². The Morgan fingerprint density at radius 1 is 1.38 bits per heavy atom. The molecular weight excluding hydrogens is 266 g/mol. The van der Waals surface area contributed by atoms with Crippen molar-refractivity contribution in [1.82, 2.24) is 0 Å². The molecule has 0 radical (unpaired) electrons. The lowest BCUT2D eigenvalue weighted by Crippen LogP contribution is -2.21. The molecule has 1 unspecified atom stereocenters. The van der Waals surface area contributed by atoms with E-state index in [-0.39, 0.29) is 12.5 Å². The SMILES string of the molecule is Cc1cc(OCC2CCC2)c(C(N)CCC(=O)O)cc1C. The predicted molar refractivity (Wildman–Crippen MR) is 82.6 cm³/mol. The molecule has 1 atom stereocenters. The van der Waals surface area contributed by atoms with Gasteiger partial charge in [-0.1, -0.05) is 12.5 Å². The maximum atomic E-state index is 10.7. The van der Waals surface area contributed by atoms with Crippen molar-refractivity contribution in [1.29, 1.82) is 0 Å². The van der Waals surface area contributed by atoms with Gasteiger partial charge in [0.1, 0.15) is 5.75 Å². The molecular formula is C17H25NO3. The van der Waals surface area contributed by atoms with E-state index in [1.165, 1.54) is 24.8 Å². The zero-order valence-electron chi connectivity index (χ0n) is 12.9. The summed E-state index contributed by atoms with van der Waals surface area (Å²) in [4.78, 5) is 10.7. The third-order valence-corrected chi connectivity index (χ3v) is 4.39. The van der Waals surface area contributed by atoms with Gasteiger partial charge >= 0.3 is 5.97 Å². The van der Waals surface area contributed by atoms with Crippen molar-refractivity contribution in [2.24, 2.45) is 11.7 Å². The standard InChI is InChI=1S/C17H25NO3/c1-11-8-14(15(18)6-7-17(19)20)16(9-12(11)2)21-10-13-4-3-5-13/h8-9,13,15H,3-7,10,18H2,1-2H3,(H,19,20). The molecule has 1 fully saturated rings. The first-order valence-corrected chi connectivity index (χ1v) is 7.68. The molecule has 1 aliphatic carbocycles. The molecule has 0 amide bonds. The molecule has 4 heteroatoms. The van der Waals surface area contributed by atoms with Crippen molar-refractivity contribution >= 4 is 5.97 Å². The Morgan fingerprint density at radius 3 is 2.62 bits per heavy atom. The molecule has 0 saturated heterocycles. The van der Waals surface area contributed by atoms with Gasteiger partial charge in [-0.05, 0) is 56.2 Å². The quantitative estimate of drug-likeness (QED) is 0.808. The van der Waals surface area contributed by atoms with E-state index in [4.69, 9.17) is 15.6 Å². The normalized spacial score (nSPS) is 16.3. The molecule has 0 aromatic heterocycles. The summed E-state index contributed by atoms with van der Waals surface area (Å²) < 4.78 is 5.98. The third-order valence-electron chi connectivity index (χ3n) is 4.39. The first-order chi connectivity index (χ1) is 9.97. The number of carboxylic acid groups (broad SMARTS) is 1. The number of benzene rings is 1. The lowest BCUT2D eigenvalue weighted by molar-refractivity contribution is -0.137. The fraction of sp³-hybridized carbons (Fsp3) is 0.588. The van der Waals surface area contributed by atoms with Crippen molar-refractivity contribution in [3.8, 4) is 5.75 Å². The molecule has 3 N–H and O–H groups in total. The zero-order valence-corrected chi connectivity index (χ0v) is 12.9. The van der Waals surface area contributed by atoms with Crippen LogP contribution < -0.4 is 10.5 Å². The van der Waals surface area contributed by atoms with Gasteiger partial charge in [-0.15, -0.1) is 0 Å². The predicted octanol–water partition coefficient (Wildman–Crippen LogP) is 3.35. The summed E-state index contributed by atoms with van der Waals surface area (Å²) in [6.45, 7) is 4.83. The number of hydrogen-bond donors (Lipinski definition) is 2. The van der Waals surface area contributed by atoms with Crippen molar-refractivity contribution in [2.75, 3.05) is 6.61 Å². The summed E-state index contributed by atoms with van der Waals surface area (Å²) in [6, 6.07) is 3.78. The van der Waals surface area contributed by atoms with Gasteiger partial charge in [-0.25, -0.2) is 0 Å². The summed E-state index contributed by atoms with van der Waals surface area (Å²) in [7, 11) is 0. The van der Waals surface area contributed by atoms with Crippen LogP contribution >= 0.6 is 0 Å². The van der Waals surface area contributed by atoms with Gasteiger partial charge < -0.3 is 15.6 Å². The van der Waals surface area contributed by atoms with E-state index in [1.54, 1.807) is 0 Å². The molecule has 0 heterocycles. The zero-order chi connectivity index (χ0) is 15.4. The van der Waals surface area contributed by atoms with Gasteiger partial charge in [0.15, 0.2) is 0 Å². The van der Waals surface area contributed by atoms with E-state index in [1.807, 2.05) is 19.1 Å².